The average molecular weight is 183 g/mol. The van der Waals surface area contributed by atoms with Crippen molar-refractivity contribution in [2.24, 2.45) is 11.7 Å². The number of carboxylic acids is 1. The van der Waals surface area contributed by atoms with Crippen molar-refractivity contribution in [2.75, 3.05) is 0 Å². The minimum atomic E-state index is -0.786. The van der Waals surface area contributed by atoms with Gasteiger partial charge in [0.25, 0.3) is 0 Å². The third-order valence-electron chi connectivity index (χ3n) is 2.27. The molecule has 0 aromatic carbocycles. The standard InChI is InChI=1S/C8H9NO2S/c9-6-5(8(10)11)3-4-1-2-12-7(4)6/h1-2,5-6H,3,9H2,(H,10,11)/t5-,6+/m1/s1. The van der Waals surface area contributed by atoms with Crippen molar-refractivity contribution >= 4 is 17.3 Å². The fraction of sp³-hybridized carbons (Fsp3) is 0.375. The average Bonchev–Trinajstić information content (AvgIpc) is 2.53. The molecule has 1 aliphatic carbocycles. The summed E-state index contributed by atoms with van der Waals surface area (Å²) in [4.78, 5) is 11.7. The summed E-state index contributed by atoms with van der Waals surface area (Å²) in [6.07, 6.45) is 0.593. The maximum Gasteiger partial charge on any atom is 0.308 e. The van der Waals surface area contributed by atoms with Crippen LogP contribution in [0.3, 0.4) is 0 Å². The van der Waals surface area contributed by atoms with Crippen LogP contribution in [0, 0.1) is 5.92 Å². The van der Waals surface area contributed by atoms with Crippen LogP contribution >= 0.6 is 11.3 Å². The predicted molar refractivity (Wildman–Crippen MR) is 46.1 cm³/mol. The molecule has 0 radical (unpaired) electrons. The molecule has 2 atom stereocenters. The summed E-state index contributed by atoms with van der Waals surface area (Å²) in [6, 6.07) is 1.67. The number of carbonyl (C=O) groups is 1. The van der Waals surface area contributed by atoms with E-state index in [-0.39, 0.29) is 6.04 Å². The lowest BCUT2D eigenvalue weighted by Gasteiger charge is -2.09. The molecule has 0 unspecified atom stereocenters. The summed E-state index contributed by atoms with van der Waals surface area (Å²) in [6.45, 7) is 0. The number of rotatable bonds is 1. The van der Waals surface area contributed by atoms with E-state index in [2.05, 4.69) is 0 Å². The van der Waals surface area contributed by atoms with E-state index in [0.29, 0.717) is 6.42 Å². The van der Waals surface area contributed by atoms with E-state index in [0.717, 1.165) is 10.4 Å². The van der Waals surface area contributed by atoms with Gasteiger partial charge in [-0.3, -0.25) is 4.79 Å². The molecule has 0 amide bonds. The molecule has 0 spiro atoms. The molecule has 4 heteroatoms. The van der Waals surface area contributed by atoms with Crippen molar-refractivity contribution in [3.05, 3.63) is 21.9 Å². The molecule has 2 rings (SSSR count). The molecule has 0 bridgehead atoms. The van der Waals surface area contributed by atoms with E-state index >= 15 is 0 Å². The quantitative estimate of drug-likeness (QED) is 0.682. The molecule has 0 saturated carbocycles. The van der Waals surface area contributed by atoms with Gasteiger partial charge in [0.2, 0.25) is 0 Å². The first-order valence-electron chi connectivity index (χ1n) is 3.75. The van der Waals surface area contributed by atoms with Gasteiger partial charge in [0.05, 0.1) is 12.0 Å². The highest BCUT2D eigenvalue weighted by Gasteiger charge is 2.35. The number of fused-ring (bicyclic) bond motifs is 1. The SMILES string of the molecule is N[C@@H]1c2sccc2C[C@H]1C(=O)O. The Morgan fingerprint density at radius 2 is 2.50 bits per heavy atom. The second-order valence-corrected chi connectivity index (χ2v) is 3.93. The summed E-state index contributed by atoms with van der Waals surface area (Å²) >= 11 is 1.55. The lowest BCUT2D eigenvalue weighted by molar-refractivity contribution is -0.142. The maximum absolute atomic E-state index is 10.7. The number of aliphatic carboxylic acids is 1. The Labute approximate surface area is 73.8 Å². The highest BCUT2D eigenvalue weighted by atomic mass is 32.1. The van der Waals surface area contributed by atoms with Gasteiger partial charge in [-0.1, -0.05) is 0 Å². The van der Waals surface area contributed by atoms with Crippen LogP contribution in [0.5, 0.6) is 0 Å². The van der Waals surface area contributed by atoms with Crippen molar-refractivity contribution < 1.29 is 9.90 Å². The van der Waals surface area contributed by atoms with Gasteiger partial charge < -0.3 is 10.8 Å². The van der Waals surface area contributed by atoms with Crippen LogP contribution in [0.15, 0.2) is 11.4 Å². The Bertz CT molecular complexity index is 321. The first-order valence-corrected chi connectivity index (χ1v) is 4.63. The summed E-state index contributed by atoms with van der Waals surface area (Å²) < 4.78 is 0. The number of hydrogen-bond acceptors (Lipinski definition) is 3. The Morgan fingerprint density at radius 3 is 3.08 bits per heavy atom. The zero-order chi connectivity index (χ0) is 8.72. The molecule has 1 aromatic heterocycles. The molecule has 12 heavy (non-hydrogen) atoms. The van der Waals surface area contributed by atoms with Gasteiger partial charge in [-0.2, -0.15) is 0 Å². The minimum absolute atomic E-state index is 0.294. The van der Waals surface area contributed by atoms with Crippen LogP contribution in [0.2, 0.25) is 0 Å². The lowest BCUT2D eigenvalue weighted by atomic mass is 10.0. The first kappa shape index (κ1) is 7.76. The van der Waals surface area contributed by atoms with E-state index in [1.165, 1.54) is 0 Å². The molecule has 0 fully saturated rings. The van der Waals surface area contributed by atoms with Crippen LogP contribution in [0.1, 0.15) is 16.5 Å². The monoisotopic (exact) mass is 183 g/mol. The van der Waals surface area contributed by atoms with E-state index in [1.807, 2.05) is 11.4 Å². The number of carboxylic acid groups (broad SMARTS) is 1. The van der Waals surface area contributed by atoms with E-state index in [9.17, 15) is 4.79 Å². The first-order chi connectivity index (χ1) is 5.70. The Balaban J connectivity index is 2.32. The predicted octanol–water partition coefficient (Wildman–Crippen LogP) is 1.00. The van der Waals surface area contributed by atoms with Gasteiger partial charge >= 0.3 is 5.97 Å². The van der Waals surface area contributed by atoms with E-state index < -0.39 is 11.9 Å². The minimum Gasteiger partial charge on any atom is -0.481 e. The summed E-state index contributed by atoms with van der Waals surface area (Å²) in [7, 11) is 0. The van der Waals surface area contributed by atoms with E-state index in [1.54, 1.807) is 11.3 Å². The van der Waals surface area contributed by atoms with Crippen LogP contribution in [-0.2, 0) is 11.2 Å². The van der Waals surface area contributed by atoms with Crippen molar-refractivity contribution in [2.45, 2.75) is 12.5 Å². The topological polar surface area (TPSA) is 63.3 Å². The fourth-order valence-corrected chi connectivity index (χ4v) is 2.60. The number of hydrogen-bond donors (Lipinski definition) is 2. The Kier molecular flexibility index (Phi) is 1.66. The number of thiophene rings is 1. The molecule has 0 saturated heterocycles. The summed E-state index contributed by atoms with van der Waals surface area (Å²) in [5.74, 6) is -1.20. The zero-order valence-corrected chi connectivity index (χ0v) is 7.17. The Morgan fingerprint density at radius 1 is 1.75 bits per heavy atom. The molecular weight excluding hydrogens is 174 g/mol. The molecular formula is C8H9NO2S. The smallest absolute Gasteiger partial charge is 0.308 e. The fourth-order valence-electron chi connectivity index (χ4n) is 1.60. The van der Waals surface area contributed by atoms with Crippen molar-refractivity contribution in [1.29, 1.82) is 0 Å². The van der Waals surface area contributed by atoms with Gasteiger partial charge in [0.1, 0.15) is 0 Å². The van der Waals surface area contributed by atoms with Crippen LogP contribution in [-0.4, -0.2) is 11.1 Å². The molecule has 3 N–H and O–H groups in total. The molecule has 1 aliphatic rings. The van der Waals surface area contributed by atoms with Crippen LogP contribution in [0.25, 0.3) is 0 Å². The third kappa shape index (κ3) is 0.956. The highest BCUT2D eigenvalue weighted by Crippen LogP contribution is 2.37. The highest BCUT2D eigenvalue weighted by molar-refractivity contribution is 7.10. The zero-order valence-electron chi connectivity index (χ0n) is 6.36. The molecule has 1 aromatic rings. The third-order valence-corrected chi connectivity index (χ3v) is 3.33. The largest absolute Gasteiger partial charge is 0.481 e. The van der Waals surface area contributed by atoms with Gasteiger partial charge in [-0.25, -0.2) is 0 Å². The second-order valence-electron chi connectivity index (χ2n) is 2.98. The van der Waals surface area contributed by atoms with Crippen molar-refractivity contribution in [1.82, 2.24) is 0 Å². The van der Waals surface area contributed by atoms with Gasteiger partial charge in [0.15, 0.2) is 0 Å². The maximum atomic E-state index is 10.7. The van der Waals surface area contributed by atoms with Crippen molar-refractivity contribution in [3.8, 4) is 0 Å². The van der Waals surface area contributed by atoms with Gasteiger partial charge in [-0.05, 0) is 23.4 Å². The van der Waals surface area contributed by atoms with Crippen molar-refractivity contribution in [3.63, 3.8) is 0 Å². The number of nitrogens with two attached hydrogens (primary N) is 1. The van der Waals surface area contributed by atoms with Crippen LogP contribution in [0.4, 0.5) is 0 Å². The molecule has 0 aliphatic heterocycles. The van der Waals surface area contributed by atoms with Gasteiger partial charge in [-0.15, -0.1) is 11.3 Å². The second kappa shape index (κ2) is 2.57. The molecule has 64 valence electrons. The van der Waals surface area contributed by atoms with E-state index in [4.69, 9.17) is 10.8 Å². The normalized spacial score (nSPS) is 27.1. The summed E-state index contributed by atoms with van der Waals surface area (Å²) in [5, 5.41) is 10.8. The summed E-state index contributed by atoms with van der Waals surface area (Å²) in [5.41, 5.74) is 6.88. The Hall–Kier alpha value is -0.870. The molecule has 1 heterocycles. The van der Waals surface area contributed by atoms with Gasteiger partial charge in [0, 0.05) is 4.88 Å². The molecule has 3 nitrogen and oxygen atoms in total. The van der Waals surface area contributed by atoms with Crippen LogP contribution < -0.4 is 5.73 Å². The lowest BCUT2D eigenvalue weighted by Crippen LogP contribution is -2.24.